The number of rotatable bonds is 2. The summed E-state index contributed by atoms with van der Waals surface area (Å²) in [4.78, 5) is 0.409. The van der Waals surface area contributed by atoms with Crippen molar-refractivity contribution in [1.82, 2.24) is 0 Å². The number of hydrogen-bond donors (Lipinski definition) is 0. The van der Waals surface area contributed by atoms with Gasteiger partial charge in [-0.2, -0.15) is 0 Å². The zero-order valence-electron chi connectivity index (χ0n) is 7.27. The summed E-state index contributed by atoms with van der Waals surface area (Å²) in [6.45, 7) is 3.79. The van der Waals surface area contributed by atoms with Crippen LogP contribution in [0.1, 0.15) is 13.8 Å². The van der Waals surface area contributed by atoms with E-state index in [4.69, 9.17) is 0 Å². The van der Waals surface area contributed by atoms with E-state index in [0.29, 0.717) is 4.90 Å². The summed E-state index contributed by atoms with van der Waals surface area (Å²) in [5.74, 6) is -3.68. The van der Waals surface area contributed by atoms with Gasteiger partial charge >= 0.3 is 0 Å². The van der Waals surface area contributed by atoms with Gasteiger partial charge < -0.3 is 0 Å². The summed E-state index contributed by atoms with van der Waals surface area (Å²) in [7, 11) is 0. The zero-order chi connectivity index (χ0) is 10.0. The van der Waals surface area contributed by atoms with Gasteiger partial charge in [-0.25, -0.2) is 13.2 Å². The van der Waals surface area contributed by atoms with Crippen molar-refractivity contribution in [2.24, 2.45) is 0 Å². The van der Waals surface area contributed by atoms with Gasteiger partial charge in [0.15, 0.2) is 17.5 Å². The highest BCUT2D eigenvalue weighted by Crippen LogP contribution is 2.25. The molecule has 4 heteroatoms. The van der Waals surface area contributed by atoms with E-state index in [2.05, 4.69) is 0 Å². The number of halogens is 3. The number of thioether (sulfide) groups is 1. The van der Waals surface area contributed by atoms with Crippen LogP contribution >= 0.6 is 11.8 Å². The molecule has 0 amide bonds. The Kier molecular flexibility index (Phi) is 3.25. The van der Waals surface area contributed by atoms with Crippen molar-refractivity contribution in [2.45, 2.75) is 24.0 Å². The van der Waals surface area contributed by atoms with E-state index in [1.165, 1.54) is 11.8 Å². The maximum Gasteiger partial charge on any atom is 0.194 e. The molecule has 1 aromatic rings. The van der Waals surface area contributed by atoms with Gasteiger partial charge in [0.2, 0.25) is 0 Å². The molecule has 1 rings (SSSR count). The van der Waals surface area contributed by atoms with E-state index >= 15 is 0 Å². The lowest BCUT2D eigenvalue weighted by Gasteiger charge is -2.05. The Morgan fingerprint density at radius 2 is 1.54 bits per heavy atom. The Balaban J connectivity index is 2.99. The van der Waals surface area contributed by atoms with E-state index < -0.39 is 17.5 Å². The lowest BCUT2D eigenvalue weighted by atomic mass is 10.3. The third-order valence-corrected chi connectivity index (χ3v) is 2.31. The predicted octanol–water partition coefficient (Wildman–Crippen LogP) is 3.60. The normalized spacial score (nSPS) is 10.9. The highest BCUT2D eigenvalue weighted by atomic mass is 32.2. The molecular formula is C9H9F3S. The van der Waals surface area contributed by atoms with Crippen LogP contribution in [0, 0.1) is 17.5 Å². The number of hydrogen-bond acceptors (Lipinski definition) is 1. The maximum absolute atomic E-state index is 12.7. The minimum absolute atomic E-state index is 0.212. The average molecular weight is 206 g/mol. The third-order valence-electron chi connectivity index (χ3n) is 1.33. The fraction of sp³-hybridized carbons (Fsp3) is 0.333. The van der Waals surface area contributed by atoms with Crippen molar-refractivity contribution in [2.75, 3.05) is 0 Å². The summed E-state index contributed by atoms with van der Waals surface area (Å²) in [5.41, 5.74) is 0. The molecular weight excluding hydrogens is 197 g/mol. The van der Waals surface area contributed by atoms with Crippen molar-refractivity contribution >= 4 is 11.8 Å². The molecule has 0 aliphatic heterocycles. The molecule has 0 atom stereocenters. The predicted molar refractivity (Wildman–Crippen MR) is 47.3 cm³/mol. The van der Waals surface area contributed by atoms with Crippen LogP contribution in [0.2, 0.25) is 0 Å². The highest BCUT2D eigenvalue weighted by molar-refractivity contribution is 7.99. The van der Waals surface area contributed by atoms with Gasteiger partial charge in [-0.3, -0.25) is 0 Å². The van der Waals surface area contributed by atoms with Crippen LogP contribution in [-0.2, 0) is 0 Å². The van der Waals surface area contributed by atoms with Gasteiger partial charge in [0, 0.05) is 10.1 Å². The molecule has 72 valence electrons. The van der Waals surface area contributed by atoms with Crippen LogP contribution in [0.15, 0.2) is 17.0 Å². The summed E-state index contributed by atoms with van der Waals surface area (Å²) >= 11 is 1.29. The SMILES string of the molecule is CC(C)Sc1cc(F)c(F)c(F)c1. The lowest BCUT2D eigenvalue weighted by Crippen LogP contribution is -1.93. The first kappa shape index (κ1) is 10.4. The lowest BCUT2D eigenvalue weighted by molar-refractivity contribution is 0.443. The van der Waals surface area contributed by atoms with E-state index in [9.17, 15) is 13.2 Å². The second-order valence-corrected chi connectivity index (χ2v) is 4.52. The molecule has 13 heavy (non-hydrogen) atoms. The Hall–Kier alpha value is -0.640. The molecule has 0 bridgehead atoms. The topological polar surface area (TPSA) is 0 Å². The quantitative estimate of drug-likeness (QED) is 0.526. The summed E-state index contributed by atoms with van der Waals surface area (Å²) < 4.78 is 37.8. The van der Waals surface area contributed by atoms with Crippen LogP contribution in [0.4, 0.5) is 13.2 Å². The van der Waals surface area contributed by atoms with Gasteiger partial charge in [-0.05, 0) is 12.1 Å². The summed E-state index contributed by atoms with van der Waals surface area (Å²) in [6.07, 6.45) is 0. The van der Waals surface area contributed by atoms with Crippen LogP contribution in [0.5, 0.6) is 0 Å². The Labute approximate surface area is 79.1 Å². The summed E-state index contributed by atoms with van der Waals surface area (Å²) in [5, 5.41) is 0.212. The monoisotopic (exact) mass is 206 g/mol. The molecule has 0 fully saturated rings. The first-order valence-electron chi connectivity index (χ1n) is 3.82. The molecule has 0 aliphatic carbocycles. The molecule has 0 unspecified atom stereocenters. The molecule has 0 aliphatic rings. The van der Waals surface area contributed by atoms with E-state index in [1.54, 1.807) is 0 Å². The molecule has 0 saturated heterocycles. The van der Waals surface area contributed by atoms with E-state index in [-0.39, 0.29) is 5.25 Å². The van der Waals surface area contributed by atoms with Crippen LogP contribution in [-0.4, -0.2) is 5.25 Å². The van der Waals surface area contributed by atoms with Crippen molar-refractivity contribution in [1.29, 1.82) is 0 Å². The molecule has 0 radical (unpaired) electrons. The van der Waals surface area contributed by atoms with Gasteiger partial charge in [0.05, 0.1) is 0 Å². The zero-order valence-corrected chi connectivity index (χ0v) is 8.09. The molecule has 0 saturated carbocycles. The standard InChI is InChI=1S/C9H9F3S/c1-5(2)13-6-3-7(10)9(12)8(11)4-6/h3-5H,1-2H3. The Bertz CT molecular complexity index is 287. The van der Waals surface area contributed by atoms with Crippen LogP contribution in [0.25, 0.3) is 0 Å². The van der Waals surface area contributed by atoms with Crippen molar-refractivity contribution < 1.29 is 13.2 Å². The van der Waals surface area contributed by atoms with Crippen molar-refractivity contribution in [3.05, 3.63) is 29.6 Å². The van der Waals surface area contributed by atoms with E-state index in [1.807, 2.05) is 13.8 Å². The highest BCUT2D eigenvalue weighted by Gasteiger charge is 2.11. The average Bonchev–Trinajstić information content (AvgIpc) is 1.98. The first-order valence-corrected chi connectivity index (χ1v) is 4.70. The molecule has 0 N–H and O–H groups in total. The second kappa shape index (κ2) is 4.05. The fourth-order valence-electron chi connectivity index (χ4n) is 0.872. The Morgan fingerprint density at radius 1 is 1.08 bits per heavy atom. The molecule has 0 nitrogen and oxygen atoms in total. The minimum Gasteiger partial charge on any atom is -0.204 e. The van der Waals surface area contributed by atoms with Gasteiger partial charge in [0.25, 0.3) is 0 Å². The molecule has 0 aromatic heterocycles. The third kappa shape index (κ3) is 2.66. The number of benzene rings is 1. The second-order valence-electron chi connectivity index (χ2n) is 2.87. The van der Waals surface area contributed by atoms with Gasteiger partial charge in [-0.15, -0.1) is 11.8 Å². The van der Waals surface area contributed by atoms with Crippen molar-refractivity contribution in [3.63, 3.8) is 0 Å². The molecule has 0 spiro atoms. The largest absolute Gasteiger partial charge is 0.204 e. The minimum atomic E-state index is -1.41. The maximum atomic E-state index is 12.7. The van der Waals surface area contributed by atoms with Crippen LogP contribution < -0.4 is 0 Å². The van der Waals surface area contributed by atoms with Crippen molar-refractivity contribution in [3.8, 4) is 0 Å². The van der Waals surface area contributed by atoms with E-state index in [0.717, 1.165) is 12.1 Å². The van der Waals surface area contributed by atoms with Gasteiger partial charge in [0.1, 0.15) is 0 Å². The van der Waals surface area contributed by atoms with Gasteiger partial charge in [-0.1, -0.05) is 13.8 Å². The molecule has 1 aromatic carbocycles. The fourth-order valence-corrected chi connectivity index (χ4v) is 1.76. The molecule has 0 heterocycles. The first-order chi connectivity index (χ1) is 6.00. The smallest absolute Gasteiger partial charge is 0.194 e. The summed E-state index contributed by atoms with van der Waals surface area (Å²) in [6, 6.07) is 2.01. The Morgan fingerprint density at radius 3 is 1.92 bits per heavy atom. The van der Waals surface area contributed by atoms with Crippen LogP contribution in [0.3, 0.4) is 0 Å².